The second kappa shape index (κ2) is 5.46. The third-order valence-electron chi connectivity index (χ3n) is 3.41. The third kappa shape index (κ3) is 2.57. The van der Waals surface area contributed by atoms with Crippen molar-refractivity contribution in [2.75, 3.05) is 13.1 Å². The van der Waals surface area contributed by atoms with Gasteiger partial charge in [0.05, 0.1) is 12.7 Å². The maximum atomic E-state index is 12.1. The first-order valence-electron chi connectivity index (χ1n) is 6.78. The molecule has 0 saturated heterocycles. The average molecular weight is 274 g/mol. The highest BCUT2D eigenvalue weighted by molar-refractivity contribution is 5.94. The van der Waals surface area contributed by atoms with Crippen LogP contribution in [0.4, 0.5) is 0 Å². The summed E-state index contributed by atoms with van der Waals surface area (Å²) in [7, 11) is 0. The number of hydrogen-bond donors (Lipinski definition) is 3. The van der Waals surface area contributed by atoms with E-state index in [1.807, 2.05) is 17.8 Å². The molecule has 0 saturated carbocycles. The quantitative estimate of drug-likeness (QED) is 0.732. The number of nitrogens with one attached hydrogen (secondary N) is 3. The summed E-state index contributed by atoms with van der Waals surface area (Å²) >= 11 is 0. The lowest BCUT2D eigenvalue weighted by molar-refractivity contribution is 0.0945. The third-order valence-corrected chi connectivity index (χ3v) is 3.41. The molecule has 0 radical (unpaired) electrons. The minimum atomic E-state index is -0.130. The summed E-state index contributed by atoms with van der Waals surface area (Å²) in [4.78, 5) is 12.1. The molecule has 7 nitrogen and oxygen atoms in total. The molecule has 3 heterocycles. The van der Waals surface area contributed by atoms with E-state index < -0.39 is 0 Å². The Morgan fingerprint density at radius 3 is 3.25 bits per heavy atom. The lowest BCUT2D eigenvalue weighted by atomic mass is 10.1. The normalized spacial score (nSPS) is 14.1. The monoisotopic (exact) mass is 274 g/mol. The Kier molecular flexibility index (Phi) is 3.51. The van der Waals surface area contributed by atoms with Crippen LogP contribution in [0.3, 0.4) is 0 Å². The zero-order valence-corrected chi connectivity index (χ0v) is 11.4. The van der Waals surface area contributed by atoms with E-state index in [2.05, 4.69) is 25.9 Å². The van der Waals surface area contributed by atoms with Gasteiger partial charge in [-0.2, -0.15) is 10.2 Å². The number of hydrogen-bond acceptors (Lipinski definition) is 4. The van der Waals surface area contributed by atoms with Crippen molar-refractivity contribution in [3.63, 3.8) is 0 Å². The lowest BCUT2D eigenvalue weighted by Crippen LogP contribution is -2.30. The Hall–Kier alpha value is -2.15. The van der Waals surface area contributed by atoms with Gasteiger partial charge in [0.15, 0.2) is 5.69 Å². The summed E-state index contributed by atoms with van der Waals surface area (Å²) in [6.45, 7) is 4.81. The SMILES string of the molecule is Cc1cnn(CCNC(=O)c2n[nH]c3c2CNCC3)c1. The molecule has 0 aromatic carbocycles. The molecule has 0 spiro atoms. The Balaban J connectivity index is 1.58. The zero-order chi connectivity index (χ0) is 13.9. The number of fused-ring (bicyclic) bond motifs is 1. The van der Waals surface area contributed by atoms with Crippen molar-refractivity contribution >= 4 is 5.91 Å². The Morgan fingerprint density at radius 2 is 2.45 bits per heavy atom. The fourth-order valence-corrected chi connectivity index (χ4v) is 2.37. The molecule has 2 aromatic rings. The highest BCUT2D eigenvalue weighted by Crippen LogP contribution is 2.14. The molecule has 0 unspecified atom stereocenters. The van der Waals surface area contributed by atoms with E-state index in [0.717, 1.165) is 29.8 Å². The van der Waals surface area contributed by atoms with E-state index in [1.54, 1.807) is 6.20 Å². The van der Waals surface area contributed by atoms with E-state index in [0.29, 0.717) is 25.3 Å². The molecule has 1 aliphatic heterocycles. The van der Waals surface area contributed by atoms with E-state index >= 15 is 0 Å². The maximum Gasteiger partial charge on any atom is 0.272 e. The first kappa shape index (κ1) is 12.9. The van der Waals surface area contributed by atoms with Crippen LogP contribution < -0.4 is 10.6 Å². The highest BCUT2D eigenvalue weighted by atomic mass is 16.1. The number of rotatable bonds is 4. The van der Waals surface area contributed by atoms with E-state index in [1.165, 1.54) is 0 Å². The van der Waals surface area contributed by atoms with Crippen LogP contribution in [0.15, 0.2) is 12.4 Å². The standard InChI is InChI=1S/C13H18N6O/c1-9-6-16-19(8-9)5-4-15-13(20)12-10-7-14-3-2-11(10)17-18-12/h6,8,14H,2-5,7H2,1H3,(H,15,20)(H,17,18). The van der Waals surface area contributed by atoms with Crippen LogP contribution in [-0.4, -0.2) is 39.0 Å². The van der Waals surface area contributed by atoms with E-state index in [9.17, 15) is 4.79 Å². The smallest absolute Gasteiger partial charge is 0.272 e. The number of aryl methyl sites for hydroxylation is 1. The average Bonchev–Trinajstić information content (AvgIpc) is 3.05. The summed E-state index contributed by atoms with van der Waals surface area (Å²) in [6.07, 6.45) is 4.65. The molecule has 0 aliphatic carbocycles. The van der Waals surface area contributed by atoms with Crippen molar-refractivity contribution < 1.29 is 4.79 Å². The minimum Gasteiger partial charge on any atom is -0.349 e. The highest BCUT2D eigenvalue weighted by Gasteiger charge is 2.21. The van der Waals surface area contributed by atoms with Gasteiger partial charge in [-0.3, -0.25) is 14.6 Å². The van der Waals surface area contributed by atoms with Gasteiger partial charge in [-0.15, -0.1) is 0 Å². The summed E-state index contributed by atoms with van der Waals surface area (Å²) in [6, 6.07) is 0. The van der Waals surface area contributed by atoms with Crippen molar-refractivity contribution in [3.8, 4) is 0 Å². The van der Waals surface area contributed by atoms with Crippen LogP contribution in [-0.2, 0) is 19.5 Å². The predicted molar refractivity (Wildman–Crippen MR) is 73.3 cm³/mol. The van der Waals surface area contributed by atoms with E-state index in [-0.39, 0.29) is 5.91 Å². The fraction of sp³-hybridized carbons (Fsp3) is 0.462. The van der Waals surface area contributed by atoms with Crippen molar-refractivity contribution in [2.24, 2.45) is 0 Å². The number of nitrogens with zero attached hydrogens (tertiary/aromatic N) is 3. The number of carbonyl (C=O) groups is 1. The predicted octanol–water partition coefficient (Wildman–Crippen LogP) is -0.00968. The van der Waals surface area contributed by atoms with Crippen molar-refractivity contribution in [3.05, 3.63) is 34.9 Å². The molecule has 0 atom stereocenters. The van der Waals surface area contributed by atoms with Crippen molar-refractivity contribution in [1.82, 2.24) is 30.6 Å². The van der Waals surface area contributed by atoms with Gasteiger partial charge in [-0.1, -0.05) is 0 Å². The van der Waals surface area contributed by atoms with Gasteiger partial charge < -0.3 is 10.6 Å². The molecule has 20 heavy (non-hydrogen) atoms. The van der Waals surface area contributed by atoms with Crippen molar-refractivity contribution in [1.29, 1.82) is 0 Å². The molecular weight excluding hydrogens is 256 g/mol. The molecule has 3 rings (SSSR count). The van der Waals surface area contributed by atoms with Gasteiger partial charge in [-0.05, 0) is 12.5 Å². The van der Waals surface area contributed by atoms with Crippen LogP contribution >= 0.6 is 0 Å². The molecule has 7 heteroatoms. The van der Waals surface area contributed by atoms with Crippen LogP contribution in [0.5, 0.6) is 0 Å². The molecule has 0 bridgehead atoms. The number of aromatic nitrogens is 4. The molecule has 1 amide bonds. The molecule has 0 fully saturated rings. The first-order chi connectivity index (χ1) is 9.74. The van der Waals surface area contributed by atoms with Crippen LogP contribution in [0, 0.1) is 6.92 Å². The number of H-pyrrole nitrogens is 1. The van der Waals surface area contributed by atoms with Gasteiger partial charge in [0.25, 0.3) is 5.91 Å². The second-order valence-electron chi connectivity index (χ2n) is 4.99. The van der Waals surface area contributed by atoms with Gasteiger partial charge in [0.2, 0.25) is 0 Å². The summed E-state index contributed by atoms with van der Waals surface area (Å²) in [5, 5.41) is 17.4. The van der Waals surface area contributed by atoms with Gasteiger partial charge in [0.1, 0.15) is 0 Å². The molecule has 106 valence electrons. The number of amides is 1. The fourth-order valence-electron chi connectivity index (χ4n) is 2.37. The number of carbonyl (C=O) groups excluding carboxylic acids is 1. The van der Waals surface area contributed by atoms with Crippen LogP contribution in [0.25, 0.3) is 0 Å². The van der Waals surface area contributed by atoms with Crippen molar-refractivity contribution in [2.45, 2.75) is 26.4 Å². The summed E-state index contributed by atoms with van der Waals surface area (Å²) < 4.78 is 1.82. The second-order valence-corrected chi connectivity index (χ2v) is 4.99. The molecular formula is C13H18N6O. The zero-order valence-electron chi connectivity index (χ0n) is 11.4. The molecule has 3 N–H and O–H groups in total. The maximum absolute atomic E-state index is 12.1. The lowest BCUT2D eigenvalue weighted by Gasteiger charge is -2.12. The number of aromatic amines is 1. The Labute approximate surface area is 116 Å². The van der Waals surface area contributed by atoms with Crippen LogP contribution in [0.1, 0.15) is 27.3 Å². The van der Waals surface area contributed by atoms with Crippen LogP contribution in [0.2, 0.25) is 0 Å². The topological polar surface area (TPSA) is 87.6 Å². The first-order valence-corrected chi connectivity index (χ1v) is 6.78. The minimum absolute atomic E-state index is 0.130. The van der Waals surface area contributed by atoms with Gasteiger partial charge in [-0.25, -0.2) is 0 Å². The van der Waals surface area contributed by atoms with Gasteiger partial charge in [0, 0.05) is 43.5 Å². The largest absolute Gasteiger partial charge is 0.349 e. The van der Waals surface area contributed by atoms with E-state index in [4.69, 9.17) is 0 Å². The summed E-state index contributed by atoms with van der Waals surface area (Å²) in [5.74, 6) is -0.130. The molecule has 1 aliphatic rings. The molecule has 2 aromatic heterocycles. The Morgan fingerprint density at radius 1 is 1.55 bits per heavy atom. The Bertz CT molecular complexity index is 614. The summed E-state index contributed by atoms with van der Waals surface area (Å²) in [5.41, 5.74) is 3.67. The van der Waals surface area contributed by atoms with Gasteiger partial charge >= 0.3 is 0 Å².